The van der Waals surface area contributed by atoms with Gasteiger partial charge in [0, 0.05) is 51.2 Å². The van der Waals surface area contributed by atoms with Crippen molar-refractivity contribution in [3.05, 3.63) is 28.2 Å². The van der Waals surface area contributed by atoms with E-state index in [2.05, 4.69) is 25.1 Å². The smallest absolute Gasteiger partial charge is 0.341 e. The highest BCUT2D eigenvalue weighted by atomic mass is 32.1. The Morgan fingerprint density at radius 3 is 2.66 bits per heavy atom. The Balaban J connectivity index is 1.28. The van der Waals surface area contributed by atoms with Crippen LogP contribution in [0, 0.1) is 11.8 Å². The van der Waals surface area contributed by atoms with Crippen molar-refractivity contribution >= 4 is 40.3 Å². The molecule has 3 aliphatic rings. The Morgan fingerprint density at radius 2 is 2.03 bits per heavy atom. The third-order valence-corrected chi connectivity index (χ3v) is 7.65. The van der Waals surface area contributed by atoms with Gasteiger partial charge < -0.3 is 24.8 Å². The van der Waals surface area contributed by atoms with Crippen molar-refractivity contribution in [3.63, 3.8) is 0 Å². The lowest BCUT2D eigenvalue weighted by atomic mass is 9.95. The number of carboxylic acids is 1. The predicted molar refractivity (Wildman–Crippen MR) is 125 cm³/mol. The van der Waals surface area contributed by atoms with E-state index in [1.54, 1.807) is 4.57 Å². The average Bonchev–Trinajstić information content (AvgIpc) is 3.42. The molecule has 3 heterocycles. The molecule has 0 spiro atoms. The standard InChI is InChI=1S/C22H28N6O3S/c1-2-26-12-16(20(30)31)18(29)15-11-23-21(25-19(15)26)27-5-7-28(8-6-27)22(32)24-17-10-13-3-4-14(17)9-13/h11-14,17H,2-10H2,1H3,(H,24,32)(H,30,31)/t13-,14+,17-/m0/s1. The molecule has 2 aromatic heterocycles. The first-order valence-electron chi connectivity index (χ1n) is 11.4. The zero-order valence-corrected chi connectivity index (χ0v) is 19.0. The van der Waals surface area contributed by atoms with Crippen molar-refractivity contribution < 1.29 is 9.90 Å². The summed E-state index contributed by atoms with van der Waals surface area (Å²) in [6, 6.07) is 0.532. The quantitative estimate of drug-likeness (QED) is 0.665. The Bertz CT molecular complexity index is 1130. The van der Waals surface area contributed by atoms with Gasteiger partial charge in [-0.05, 0) is 50.2 Å². The van der Waals surface area contributed by atoms with Gasteiger partial charge in [-0.2, -0.15) is 4.98 Å². The molecule has 2 aliphatic carbocycles. The van der Waals surface area contributed by atoms with Gasteiger partial charge in [0.1, 0.15) is 11.2 Å². The maximum Gasteiger partial charge on any atom is 0.341 e. The highest BCUT2D eigenvalue weighted by Crippen LogP contribution is 2.44. The lowest BCUT2D eigenvalue weighted by Gasteiger charge is -2.37. The maximum atomic E-state index is 12.5. The van der Waals surface area contributed by atoms with Crippen LogP contribution in [0.25, 0.3) is 11.0 Å². The monoisotopic (exact) mass is 456 g/mol. The minimum Gasteiger partial charge on any atom is -0.477 e. The number of aromatic carboxylic acids is 1. The summed E-state index contributed by atoms with van der Waals surface area (Å²) in [5.74, 6) is 0.973. The van der Waals surface area contributed by atoms with Crippen molar-refractivity contribution in [2.24, 2.45) is 11.8 Å². The molecule has 2 saturated carbocycles. The van der Waals surface area contributed by atoms with Crippen LogP contribution in [0.15, 0.2) is 17.2 Å². The molecule has 1 aliphatic heterocycles. The second-order valence-corrected chi connectivity index (χ2v) is 9.46. The van der Waals surface area contributed by atoms with E-state index in [1.165, 1.54) is 38.1 Å². The highest BCUT2D eigenvalue weighted by molar-refractivity contribution is 7.80. The van der Waals surface area contributed by atoms with Gasteiger partial charge >= 0.3 is 5.97 Å². The molecule has 170 valence electrons. The predicted octanol–water partition coefficient (Wildman–Crippen LogP) is 1.69. The summed E-state index contributed by atoms with van der Waals surface area (Å²) in [6.45, 7) is 5.42. The molecule has 2 bridgehead atoms. The fourth-order valence-electron chi connectivity index (χ4n) is 5.49. The molecule has 2 aromatic rings. The number of nitrogens with zero attached hydrogens (tertiary/aromatic N) is 5. The number of carboxylic acid groups (broad SMARTS) is 1. The van der Waals surface area contributed by atoms with Crippen LogP contribution in [0.3, 0.4) is 0 Å². The second-order valence-electron chi connectivity index (χ2n) is 9.08. The third-order valence-electron chi connectivity index (χ3n) is 7.27. The molecular weight excluding hydrogens is 428 g/mol. The van der Waals surface area contributed by atoms with E-state index in [0.29, 0.717) is 24.2 Å². The van der Waals surface area contributed by atoms with Gasteiger partial charge in [0.25, 0.3) is 0 Å². The van der Waals surface area contributed by atoms with E-state index in [-0.39, 0.29) is 10.9 Å². The minimum atomic E-state index is -1.24. The first-order valence-corrected chi connectivity index (χ1v) is 11.8. The molecule has 0 radical (unpaired) electrons. The number of aryl methyl sites for hydroxylation is 1. The number of hydrogen-bond acceptors (Lipinski definition) is 6. The summed E-state index contributed by atoms with van der Waals surface area (Å²) in [6.07, 6.45) is 8.12. The number of rotatable bonds is 4. The third kappa shape index (κ3) is 3.70. The Hall–Kier alpha value is -2.75. The number of piperazine rings is 1. The van der Waals surface area contributed by atoms with Crippen LogP contribution in [0.4, 0.5) is 5.95 Å². The number of carbonyl (C=O) groups is 1. The minimum absolute atomic E-state index is 0.227. The van der Waals surface area contributed by atoms with Crippen molar-refractivity contribution in [1.82, 2.24) is 24.8 Å². The molecule has 0 aromatic carbocycles. The summed E-state index contributed by atoms with van der Waals surface area (Å²) < 4.78 is 1.69. The lowest BCUT2D eigenvalue weighted by molar-refractivity contribution is 0.0695. The number of pyridine rings is 1. The van der Waals surface area contributed by atoms with E-state index in [9.17, 15) is 14.7 Å². The Labute approximate surface area is 191 Å². The van der Waals surface area contributed by atoms with E-state index in [0.717, 1.165) is 43.1 Å². The molecule has 0 unspecified atom stereocenters. The fourth-order valence-corrected chi connectivity index (χ4v) is 5.82. The van der Waals surface area contributed by atoms with Gasteiger partial charge in [0.05, 0.1) is 5.39 Å². The summed E-state index contributed by atoms with van der Waals surface area (Å²) in [4.78, 5) is 37.2. The second kappa shape index (κ2) is 8.31. The number of aromatic nitrogens is 3. The molecule has 9 nitrogen and oxygen atoms in total. The summed E-state index contributed by atoms with van der Waals surface area (Å²) in [7, 11) is 0. The van der Waals surface area contributed by atoms with Crippen molar-refractivity contribution in [3.8, 4) is 0 Å². The largest absolute Gasteiger partial charge is 0.477 e. The van der Waals surface area contributed by atoms with E-state index in [4.69, 9.17) is 12.2 Å². The Kier molecular flexibility index (Phi) is 5.48. The summed E-state index contributed by atoms with van der Waals surface area (Å²) in [5.41, 5.74) is -0.352. The number of hydrogen-bond donors (Lipinski definition) is 2. The molecule has 2 N–H and O–H groups in total. The highest BCUT2D eigenvalue weighted by Gasteiger charge is 2.40. The van der Waals surface area contributed by atoms with Crippen molar-refractivity contribution in [1.29, 1.82) is 0 Å². The summed E-state index contributed by atoms with van der Waals surface area (Å²) in [5, 5.41) is 14.0. The molecule has 3 atom stereocenters. The van der Waals surface area contributed by atoms with E-state index < -0.39 is 11.4 Å². The van der Waals surface area contributed by atoms with Gasteiger partial charge in [0.2, 0.25) is 11.4 Å². The van der Waals surface area contributed by atoms with Crippen LogP contribution in [0.5, 0.6) is 0 Å². The molecule has 1 saturated heterocycles. The van der Waals surface area contributed by atoms with Crippen LogP contribution >= 0.6 is 12.2 Å². The van der Waals surface area contributed by atoms with Crippen molar-refractivity contribution in [2.75, 3.05) is 31.1 Å². The Morgan fingerprint density at radius 1 is 1.25 bits per heavy atom. The average molecular weight is 457 g/mol. The summed E-state index contributed by atoms with van der Waals surface area (Å²) >= 11 is 5.70. The van der Waals surface area contributed by atoms with Crippen LogP contribution in [0.2, 0.25) is 0 Å². The van der Waals surface area contributed by atoms with Crippen LogP contribution in [0.1, 0.15) is 43.0 Å². The van der Waals surface area contributed by atoms with Crippen LogP contribution < -0.4 is 15.6 Å². The SMILES string of the molecule is CCn1cc(C(=O)O)c(=O)c2cnc(N3CCN(C(=S)N[C@H]4C[C@H]5CC[C@@H]4C5)CC3)nc21. The normalized spacial score (nSPS) is 24.8. The number of fused-ring (bicyclic) bond motifs is 3. The maximum absolute atomic E-state index is 12.5. The van der Waals surface area contributed by atoms with Gasteiger partial charge in [-0.15, -0.1) is 0 Å². The number of nitrogens with one attached hydrogen (secondary N) is 1. The fraction of sp³-hybridized carbons (Fsp3) is 0.591. The molecule has 5 rings (SSSR count). The topological polar surface area (TPSA) is 104 Å². The van der Waals surface area contributed by atoms with Gasteiger partial charge in [-0.3, -0.25) is 4.79 Å². The van der Waals surface area contributed by atoms with Gasteiger partial charge in [-0.1, -0.05) is 6.42 Å². The molecule has 32 heavy (non-hydrogen) atoms. The zero-order chi connectivity index (χ0) is 22.4. The van der Waals surface area contributed by atoms with Crippen LogP contribution in [-0.4, -0.2) is 67.8 Å². The molecule has 10 heteroatoms. The van der Waals surface area contributed by atoms with Gasteiger partial charge in [0.15, 0.2) is 5.11 Å². The zero-order valence-electron chi connectivity index (χ0n) is 18.2. The lowest BCUT2D eigenvalue weighted by Crippen LogP contribution is -2.54. The first kappa shape index (κ1) is 21.1. The molecule has 0 amide bonds. The van der Waals surface area contributed by atoms with E-state index >= 15 is 0 Å². The number of anilines is 1. The van der Waals surface area contributed by atoms with Crippen molar-refractivity contribution in [2.45, 2.75) is 45.2 Å². The van der Waals surface area contributed by atoms with Gasteiger partial charge in [-0.25, -0.2) is 9.78 Å². The van der Waals surface area contributed by atoms with E-state index in [1.807, 2.05) is 6.92 Å². The molecule has 3 fully saturated rings. The number of thiocarbonyl (C=S) groups is 1. The van der Waals surface area contributed by atoms with Crippen LogP contribution in [-0.2, 0) is 6.54 Å². The first-order chi connectivity index (χ1) is 15.4. The molecular formula is C22H28N6O3S.